The van der Waals surface area contributed by atoms with Crippen LogP contribution in [0.25, 0.3) is 0 Å². The lowest BCUT2D eigenvalue weighted by Crippen LogP contribution is -2.43. The van der Waals surface area contributed by atoms with Gasteiger partial charge in [-0.25, -0.2) is 0 Å². The molecule has 0 saturated carbocycles. The smallest absolute Gasteiger partial charge is 0.301 e. The third kappa shape index (κ3) is 2.74. The average Bonchev–Trinajstić information content (AvgIpc) is 2.48. The van der Waals surface area contributed by atoms with Crippen molar-refractivity contribution < 1.29 is 13.2 Å². The van der Waals surface area contributed by atoms with Crippen LogP contribution in [0.1, 0.15) is 12.0 Å². The molecule has 7 heteroatoms. The highest BCUT2D eigenvalue weighted by Gasteiger charge is 2.25. The molecule has 1 fully saturated rings. The highest BCUT2D eigenvalue weighted by atomic mass is 32.2. The Bertz CT molecular complexity index is 583. The molecular formula is C13H19N3O3S. The molecular weight excluding hydrogens is 278 g/mol. The zero-order valence-corrected chi connectivity index (χ0v) is 12.1. The summed E-state index contributed by atoms with van der Waals surface area (Å²) in [4.78, 5) is 0. The minimum absolute atomic E-state index is 0.405. The van der Waals surface area contributed by atoms with Gasteiger partial charge >= 0.3 is 10.2 Å². The molecule has 110 valence electrons. The van der Waals surface area contributed by atoms with Crippen LogP contribution in [0.5, 0.6) is 0 Å². The molecule has 0 unspecified atom stereocenters. The number of hydrogen-bond donors (Lipinski definition) is 2. The molecule has 2 aliphatic rings. The maximum Gasteiger partial charge on any atom is 0.301 e. The van der Waals surface area contributed by atoms with E-state index in [9.17, 15) is 8.42 Å². The predicted octanol–water partition coefficient (Wildman–Crippen LogP) is 1.03. The van der Waals surface area contributed by atoms with Crippen LogP contribution in [0.4, 0.5) is 11.4 Å². The number of hydrogen-bond acceptors (Lipinski definition) is 4. The van der Waals surface area contributed by atoms with E-state index in [1.54, 1.807) is 0 Å². The van der Waals surface area contributed by atoms with E-state index in [2.05, 4.69) is 10.0 Å². The van der Waals surface area contributed by atoms with Crippen LogP contribution in [0.3, 0.4) is 0 Å². The number of benzene rings is 1. The highest BCUT2D eigenvalue weighted by Crippen LogP contribution is 2.29. The third-order valence-electron chi connectivity index (χ3n) is 3.64. The summed E-state index contributed by atoms with van der Waals surface area (Å²) in [6, 6.07) is 5.68. The summed E-state index contributed by atoms with van der Waals surface area (Å²) in [7, 11) is -3.49. The van der Waals surface area contributed by atoms with Crippen LogP contribution in [-0.2, 0) is 21.4 Å². The molecule has 2 aliphatic heterocycles. The van der Waals surface area contributed by atoms with Gasteiger partial charge in [-0.05, 0) is 30.5 Å². The maximum absolute atomic E-state index is 12.4. The summed E-state index contributed by atoms with van der Waals surface area (Å²) in [5.74, 6) is 0. The van der Waals surface area contributed by atoms with Crippen molar-refractivity contribution in [3.8, 4) is 0 Å². The van der Waals surface area contributed by atoms with Gasteiger partial charge in [0.25, 0.3) is 0 Å². The standard InChI is InChI=1S/C13H19N3O3S/c17-20(18,16-7-9-19-10-8-16)15-13-5-1-4-12-11(13)3-2-6-14-12/h1,4-5,14-15H,2-3,6-10H2. The van der Waals surface area contributed by atoms with Crippen molar-refractivity contribution in [3.05, 3.63) is 23.8 Å². The second-order valence-electron chi connectivity index (χ2n) is 4.98. The van der Waals surface area contributed by atoms with Crippen molar-refractivity contribution >= 4 is 21.6 Å². The van der Waals surface area contributed by atoms with E-state index in [4.69, 9.17) is 4.74 Å². The van der Waals surface area contributed by atoms with Crippen molar-refractivity contribution in [1.82, 2.24) is 4.31 Å². The quantitative estimate of drug-likeness (QED) is 0.874. The molecule has 0 spiro atoms. The Kier molecular flexibility index (Phi) is 3.82. The molecule has 2 N–H and O–H groups in total. The van der Waals surface area contributed by atoms with Crippen LogP contribution in [0.15, 0.2) is 18.2 Å². The summed E-state index contributed by atoms with van der Waals surface area (Å²) in [6.07, 6.45) is 1.91. The number of morpholine rings is 1. The first kappa shape index (κ1) is 13.7. The third-order valence-corrected chi connectivity index (χ3v) is 5.17. The van der Waals surface area contributed by atoms with Gasteiger partial charge in [0, 0.05) is 25.3 Å². The number of nitrogens with one attached hydrogen (secondary N) is 2. The molecule has 6 nitrogen and oxygen atoms in total. The molecule has 0 atom stereocenters. The van der Waals surface area contributed by atoms with Gasteiger partial charge in [-0.15, -0.1) is 0 Å². The molecule has 0 amide bonds. The molecule has 2 heterocycles. The number of fused-ring (bicyclic) bond motifs is 1. The number of anilines is 2. The van der Waals surface area contributed by atoms with Crippen LogP contribution in [0.2, 0.25) is 0 Å². The van der Waals surface area contributed by atoms with E-state index in [0.29, 0.717) is 32.0 Å². The lowest BCUT2D eigenvalue weighted by molar-refractivity contribution is 0.0733. The molecule has 1 aromatic rings. The molecule has 0 bridgehead atoms. The Hall–Kier alpha value is -1.31. The van der Waals surface area contributed by atoms with E-state index < -0.39 is 10.2 Å². The Morgan fingerprint density at radius 3 is 2.85 bits per heavy atom. The van der Waals surface area contributed by atoms with Gasteiger partial charge in [0.1, 0.15) is 0 Å². The predicted molar refractivity (Wildman–Crippen MR) is 78.2 cm³/mol. The van der Waals surface area contributed by atoms with Crippen LogP contribution in [-0.4, -0.2) is 45.6 Å². The molecule has 3 rings (SSSR count). The monoisotopic (exact) mass is 297 g/mol. The first-order valence-electron chi connectivity index (χ1n) is 6.88. The summed E-state index contributed by atoms with van der Waals surface area (Å²) in [5, 5.41) is 3.30. The van der Waals surface area contributed by atoms with Crippen molar-refractivity contribution in [3.63, 3.8) is 0 Å². The molecule has 0 radical (unpaired) electrons. The van der Waals surface area contributed by atoms with Crippen molar-refractivity contribution in [2.45, 2.75) is 12.8 Å². The SMILES string of the molecule is O=S(=O)(Nc1cccc2c1CCCN2)N1CCOCC1. The van der Waals surface area contributed by atoms with E-state index in [-0.39, 0.29) is 0 Å². The Balaban J connectivity index is 1.83. The van der Waals surface area contributed by atoms with Crippen molar-refractivity contribution in [1.29, 1.82) is 0 Å². The highest BCUT2D eigenvalue weighted by molar-refractivity contribution is 7.90. The van der Waals surface area contributed by atoms with Gasteiger partial charge in [-0.1, -0.05) is 6.07 Å². The normalized spacial score (nSPS) is 20.0. The van der Waals surface area contributed by atoms with E-state index in [1.165, 1.54) is 4.31 Å². The van der Waals surface area contributed by atoms with Gasteiger partial charge in [-0.3, -0.25) is 4.72 Å². The van der Waals surface area contributed by atoms with Crippen LogP contribution >= 0.6 is 0 Å². The van der Waals surface area contributed by atoms with E-state index >= 15 is 0 Å². The number of rotatable bonds is 3. The van der Waals surface area contributed by atoms with Gasteiger partial charge in [0.15, 0.2) is 0 Å². The number of ether oxygens (including phenoxy) is 1. The van der Waals surface area contributed by atoms with Gasteiger partial charge in [-0.2, -0.15) is 12.7 Å². The van der Waals surface area contributed by atoms with Gasteiger partial charge < -0.3 is 10.1 Å². The lowest BCUT2D eigenvalue weighted by Gasteiger charge is -2.28. The molecule has 20 heavy (non-hydrogen) atoms. The van der Waals surface area contributed by atoms with E-state index in [0.717, 1.165) is 30.6 Å². The molecule has 0 aromatic heterocycles. The molecule has 1 saturated heterocycles. The first-order chi connectivity index (χ1) is 9.67. The maximum atomic E-state index is 12.4. The zero-order chi connectivity index (χ0) is 14.0. The summed E-state index contributed by atoms with van der Waals surface area (Å²) in [6.45, 7) is 2.66. The second-order valence-corrected chi connectivity index (χ2v) is 6.65. The minimum Gasteiger partial charge on any atom is -0.385 e. The zero-order valence-electron chi connectivity index (χ0n) is 11.3. The first-order valence-corrected chi connectivity index (χ1v) is 8.32. The fourth-order valence-electron chi connectivity index (χ4n) is 2.60. The van der Waals surface area contributed by atoms with E-state index in [1.807, 2.05) is 18.2 Å². The fraction of sp³-hybridized carbons (Fsp3) is 0.538. The fourth-order valence-corrected chi connectivity index (χ4v) is 3.82. The topological polar surface area (TPSA) is 70.7 Å². The summed E-state index contributed by atoms with van der Waals surface area (Å²) in [5.41, 5.74) is 2.76. The summed E-state index contributed by atoms with van der Waals surface area (Å²) < 4.78 is 34.1. The Labute approximate surface area is 119 Å². The van der Waals surface area contributed by atoms with Crippen LogP contribution in [0, 0.1) is 0 Å². The molecule has 1 aromatic carbocycles. The Morgan fingerprint density at radius 2 is 2.05 bits per heavy atom. The van der Waals surface area contributed by atoms with Crippen LogP contribution < -0.4 is 10.0 Å². The number of nitrogens with zero attached hydrogens (tertiary/aromatic N) is 1. The van der Waals surface area contributed by atoms with Gasteiger partial charge in [0.2, 0.25) is 0 Å². The average molecular weight is 297 g/mol. The summed E-state index contributed by atoms with van der Waals surface area (Å²) >= 11 is 0. The van der Waals surface area contributed by atoms with Crippen molar-refractivity contribution in [2.75, 3.05) is 42.9 Å². The second kappa shape index (κ2) is 5.59. The lowest BCUT2D eigenvalue weighted by atomic mass is 10.0. The Morgan fingerprint density at radius 1 is 1.25 bits per heavy atom. The van der Waals surface area contributed by atoms with Gasteiger partial charge in [0.05, 0.1) is 18.9 Å². The largest absolute Gasteiger partial charge is 0.385 e. The van der Waals surface area contributed by atoms with Crippen molar-refractivity contribution in [2.24, 2.45) is 0 Å². The molecule has 0 aliphatic carbocycles. The minimum atomic E-state index is -3.49.